The summed E-state index contributed by atoms with van der Waals surface area (Å²) in [7, 11) is 0. The van der Waals surface area contributed by atoms with E-state index in [2.05, 4.69) is 20.2 Å². The zero-order chi connectivity index (χ0) is 11.8. The lowest BCUT2D eigenvalue weighted by Gasteiger charge is -1.97. The highest BCUT2D eigenvalue weighted by Crippen LogP contribution is 2.14. The molecule has 0 radical (unpaired) electrons. The average Bonchev–Trinajstić information content (AvgIpc) is 2.75. The monoisotopic (exact) mass is 229 g/mol. The van der Waals surface area contributed by atoms with Gasteiger partial charge in [-0.25, -0.2) is 4.98 Å². The van der Waals surface area contributed by atoms with E-state index in [9.17, 15) is 4.79 Å². The second-order valence-electron chi connectivity index (χ2n) is 3.38. The van der Waals surface area contributed by atoms with Crippen LogP contribution >= 0.6 is 0 Å². The average molecular weight is 229 g/mol. The summed E-state index contributed by atoms with van der Waals surface area (Å²) in [6.07, 6.45) is 0. The van der Waals surface area contributed by atoms with E-state index < -0.39 is 5.56 Å². The van der Waals surface area contributed by atoms with E-state index in [1.54, 1.807) is 12.1 Å². The maximum absolute atomic E-state index is 11.8. The highest BCUT2D eigenvalue weighted by Gasteiger charge is 2.13. The first-order valence-electron chi connectivity index (χ1n) is 4.82. The predicted octanol–water partition coefficient (Wildman–Crippen LogP) is 0.555. The summed E-state index contributed by atoms with van der Waals surface area (Å²) in [4.78, 5) is 18.6. The molecule has 0 saturated heterocycles. The Balaban J connectivity index is 2.30. The largest absolute Gasteiger partial charge is 0.402 e. The Kier molecular flexibility index (Phi) is 1.91. The number of fused-ring (bicyclic) bond motifs is 1. The lowest BCUT2D eigenvalue weighted by molar-refractivity contribution is 0.587. The summed E-state index contributed by atoms with van der Waals surface area (Å²) in [6, 6.07) is 7.06. The number of aromatic amines is 1. The Labute approximate surface area is 94.3 Å². The number of aromatic nitrogens is 4. The second kappa shape index (κ2) is 3.41. The molecule has 0 saturated carbocycles. The molecule has 7 nitrogen and oxygen atoms in total. The van der Waals surface area contributed by atoms with Crippen molar-refractivity contribution in [3.05, 3.63) is 34.6 Å². The van der Waals surface area contributed by atoms with Gasteiger partial charge in [-0.2, -0.15) is 0 Å². The summed E-state index contributed by atoms with van der Waals surface area (Å²) < 4.78 is 4.97. The van der Waals surface area contributed by atoms with E-state index in [1.807, 2.05) is 12.1 Å². The highest BCUT2D eigenvalue weighted by molar-refractivity contribution is 5.75. The van der Waals surface area contributed by atoms with Crippen LogP contribution in [-0.4, -0.2) is 20.2 Å². The lowest BCUT2D eigenvalue weighted by Crippen LogP contribution is -2.11. The van der Waals surface area contributed by atoms with Crippen LogP contribution in [0.3, 0.4) is 0 Å². The minimum Gasteiger partial charge on any atom is -0.402 e. The molecule has 0 aliphatic heterocycles. The van der Waals surface area contributed by atoms with Crippen molar-refractivity contribution < 1.29 is 4.42 Å². The number of nitrogens with zero attached hydrogens (tertiary/aromatic N) is 3. The van der Waals surface area contributed by atoms with Crippen LogP contribution in [0.15, 0.2) is 33.5 Å². The molecular weight excluding hydrogens is 222 g/mol. The molecule has 3 N–H and O–H groups in total. The molecular formula is C10H7N5O2. The van der Waals surface area contributed by atoms with Gasteiger partial charge in [0.2, 0.25) is 0 Å². The number of hydrogen-bond acceptors (Lipinski definition) is 6. The van der Waals surface area contributed by atoms with Gasteiger partial charge < -0.3 is 15.1 Å². The Hall–Kier alpha value is -2.70. The van der Waals surface area contributed by atoms with Gasteiger partial charge in [0, 0.05) is 0 Å². The van der Waals surface area contributed by atoms with Gasteiger partial charge in [-0.3, -0.25) is 4.79 Å². The number of nitrogens with one attached hydrogen (secondary N) is 1. The molecule has 0 amide bonds. The molecule has 0 unspecified atom stereocenters. The van der Waals surface area contributed by atoms with Crippen LogP contribution < -0.4 is 11.3 Å². The van der Waals surface area contributed by atoms with E-state index in [0.29, 0.717) is 11.0 Å². The quantitative estimate of drug-likeness (QED) is 0.630. The first kappa shape index (κ1) is 9.52. The van der Waals surface area contributed by atoms with Crippen molar-refractivity contribution in [2.45, 2.75) is 0 Å². The lowest BCUT2D eigenvalue weighted by atomic mass is 10.3. The molecule has 84 valence electrons. The third-order valence-electron chi connectivity index (χ3n) is 2.24. The van der Waals surface area contributed by atoms with E-state index >= 15 is 0 Å². The number of anilines is 1. The van der Waals surface area contributed by atoms with Crippen molar-refractivity contribution >= 4 is 17.0 Å². The van der Waals surface area contributed by atoms with E-state index in [-0.39, 0.29) is 17.6 Å². The fourth-order valence-electron chi connectivity index (χ4n) is 1.50. The maximum Gasteiger partial charge on any atom is 0.313 e. The van der Waals surface area contributed by atoms with Crippen LogP contribution in [0.1, 0.15) is 0 Å². The molecule has 0 spiro atoms. The Morgan fingerprint density at radius 2 is 2.06 bits per heavy atom. The Morgan fingerprint density at radius 1 is 1.24 bits per heavy atom. The van der Waals surface area contributed by atoms with Crippen molar-refractivity contribution in [2.75, 3.05) is 5.73 Å². The first-order valence-corrected chi connectivity index (χ1v) is 4.82. The van der Waals surface area contributed by atoms with E-state index in [4.69, 9.17) is 10.2 Å². The van der Waals surface area contributed by atoms with Crippen LogP contribution in [-0.2, 0) is 0 Å². The molecule has 17 heavy (non-hydrogen) atoms. The molecule has 2 aromatic heterocycles. The number of benzene rings is 1. The van der Waals surface area contributed by atoms with Crippen LogP contribution in [0.4, 0.5) is 6.01 Å². The van der Waals surface area contributed by atoms with Crippen LogP contribution in [0.25, 0.3) is 22.6 Å². The number of hydrogen-bond donors (Lipinski definition) is 2. The molecule has 0 aliphatic carbocycles. The predicted molar refractivity (Wildman–Crippen MR) is 60.1 cm³/mol. The zero-order valence-electron chi connectivity index (χ0n) is 8.54. The van der Waals surface area contributed by atoms with Crippen LogP contribution in [0.5, 0.6) is 0 Å². The molecule has 3 aromatic rings. The van der Waals surface area contributed by atoms with E-state index in [0.717, 1.165) is 0 Å². The summed E-state index contributed by atoms with van der Waals surface area (Å²) in [6.45, 7) is 0. The fourth-order valence-corrected chi connectivity index (χ4v) is 1.50. The molecule has 0 aliphatic rings. The van der Waals surface area contributed by atoms with Gasteiger partial charge in [-0.15, -0.1) is 5.10 Å². The van der Waals surface area contributed by atoms with Gasteiger partial charge >= 0.3 is 6.01 Å². The van der Waals surface area contributed by atoms with Gasteiger partial charge in [-0.1, -0.05) is 17.2 Å². The standard InChI is InChI=1S/C10H7N5O2/c11-10-15-14-9(17-10)7-8(16)13-6-4-2-1-3-5(6)12-7/h1-4H,(H2,11,15)(H,13,16). The molecule has 3 rings (SSSR count). The molecule has 7 heteroatoms. The summed E-state index contributed by atoms with van der Waals surface area (Å²) in [5.41, 5.74) is 6.25. The van der Waals surface area contributed by atoms with Gasteiger partial charge in [0.05, 0.1) is 11.0 Å². The first-order chi connectivity index (χ1) is 8.24. The van der Waals surface area contributed by atoms with Crippen molar-refractivity contribution in [3.8, 4) is 11.6 Å². The van der Waals surface area contributed by atoms with Crippen LogP contribution in [0, 0.1) is 0 Å². The van der Waals surface area contributed by atoms with Crippen LogP contribution in [0.2, 0.25) is 0 Å². The highest BCUT2D eigenvalue weighted by atomic mass is 16.4. The topological polar surface area (TPSA) is 111 Å². The normalized spacial score (nSPS) is 10.8. The smallest absolute Gasteiger partial charge is 0.313 e. The zero-order valence-corrected chi connectivity index (χ0v) is 8.54. The number of nitrogen functional groups attached to an aromatic ring is 1. The van der Waals surface area contributed by atoms with Crippen molar-refractivity contribution in [2.24, 2.45) is 0 Å². The number of H-pyrrole nitrogens is 1. The maximum atomic E-state index is 11.8. The molecule has 1 aromatic carbocycles. The number of nitrogens with two attached hydrogens (primary N) is 1. The molecule has 0 atom stereocenters. The molecule has 2 heterocycles. The minimum absolute atomic E-state index is 0.00880. The van der Waals surface area contributed by atoms with Gasteiger partial charge in [0.15, 0.2) is 5.69 Å². The van der Waals surface area contributed by atoms with E-state index in [1.165, 1.54) is 0 Å². The van der Waals surface area contributed by atoms with Gasteiger partial charge in [0.25, 0.3) is 11.4 Å². The SMILES string of the molecule is Nc1nnc(-c2nc3ccccc3[nH]c2=O)o1. The molecule has 0 bridgehead atoms. The summed E-state index contributed by atoms with van der Waals surface area (Å²) >= 11 is 0. The Morgan fingerprint density at radius 3 is 2.82 bits per heavy atom. The third kappa shape index (κ3) is 1.53. The minimum atomic E-state index is -0.396. The summed E-state index contributed by atoms with van der Waals surface area (Å²) in [5.74, 6) is 0.00880. The second-order valence-corrected chi connectivity index (χ2v) is 3.38. The number of para-hydroxylation sites is 2. The van der Waals surface area contributed by atoms with Crippen molar-refractivity contribution in [1.82, 2.24) is 20.2 Å². The number of rotatable bonds is 1. The van der Waals surface area contributed by atoms with Gasteiger partial charge in [-0.05, 0) is 12.1 Å². The summed E-state index contributed by atoms with van der Waals surface area (Å²) in [5, 5.41) is 7.11. The molecule has 0 fully saturated rings. The van der Waals surface area contributed by atoms with Gasteiger partial charge in [0.1, 0.15) is 0 Å². The van der Waals surface area contributed by atoms with Crippen molar-refractivity contribution in [1.29, 1.82) is 0 Å². The van der Waals surface area contributed by atoms with Crippen molar-refractivity contribution in [3.63, 3.8) is 0 Å². The fraction of sp³-hybridized carbons (Fsp3) is 0. The third-order valence-corrected chi connectivity index (χ3v) is 2.24. The Bertz CT molecular complexity index is 746.